The van der Waals surface area contributed by atoms with Crippen molar-refractivity contribution in [2.45, 2.75) is 6.92 Å². The Bertz CT molecular complexity index is 757. The van der Waals surface area contributed by atoms with Gasteiger partial charge in [-0.15, -0.1) is 0 Å². The van der Waals surface area contributed by atoms with Gasteiger partial charge in [-0.25, -0.2) is 4.98 Å². The van der Waals surface area contributed by atoms with Gasteiger partial charge in [-0.3, -0.25) is 9.20 Å². The lowest BCUT2D eigenvalue weighted by molar-refractivity contribution is 0.0997. The second-order valence-electron chi connectivity index (χ2n) is 4.47. The molecule has 0 bridgehead atoms. The van der Waals surface area contributed by atoms with E-state index in [0.29, 0.717) is 5.69 Å². The third-order valence-electron chi connectivity index (χ3n) is 3.09. The molecule has 94 valence electrons. The lowest BCUT2D eigenvalue weighted by Crippen LogP contribution is -2.11. The van der Waals surface area contributed by atoms with Gasteiger partial charge in [-0.05, 0) is 19.1 Å². The normalized spacial score (nSPS) is 10.8. The molecular formula is C15H13N3O. The summed E-state index contributed by atoms with van der Waals surface area (Å²) in [7, 11) is 0. The van der Waals surface area contributed by atoms with Crippen LogP contribution in [0.3, 0.4) is 0 Å². The summed E-state index contributed by atoms with van der Waals surface area (Å²) in [5.41, 5.74) is 8.55. The number of imidazole rings is 1. The van der Waals surface area contributed by atoms with Gasteiger partial charge < -0.3 is 5.73 Å². The Balaban J connectivity index is 2.29. The third-order valence-corrected chi connectivity index (χ3v) is 3.09. The molecular weight excluding hydrogens is 238 g/mol. The fourth-order valence-electron chi connectivity index (χ4n) is 2.13. The fraction of sp³-hybridized carbons (Fsp3) is 0.0667. The maximum absolute atomic E-state index is 11.5. The number of amides is 1. The van der Waals surface area contributed by atoms with Crippen LogP contribution in [0.15, 0.2) is 48.7 Å². The number of hydrogen-bond donors (Lipinski definition) is 1. The zero-order valence-corrected chi connectivity index (χ0v) is 10.5. The summed E-state index contributed by atoms with van der Waals surface area (Å²) >= 11 is 0. The van der Waals surface area contributed by atoms with E-state index in [1.54, 1.807) is 0 Å². The number of carbonyl (C=O) groups excluding carboxylic acids is 1. The number of hydrogen-bond acceptors (Lipinski definition) is 2. The summed E-state index contributed by atoms with van der Waals surface area (Å²) in [5.74, 6) is 0.214. The van der Waals surface area contributed by atoms with Gasteiger partial charge in [0.15, 0.2) is 5.69 Å². The van der Waals surface area contributed by atoms with Crippen LogP contribution in [-0.2, 0) is 0 Å². The summed E-state index contributed by atoms with van der Waals surface area (Å²) in [6, 6.07) is 13.6. The van der Waals surface area contributed by atoms with Crippen molar-refractivity contribution in [1.29, 1.82) is 0 Å². The molecule has 2 N–H and O–H groups in total. The van der Waals surface area contributed by atoms with Gasteiger partial charge >= 0.3 is 0 Å². The molecule has 0 aliphatic rings. The van der Waals surface area contributed by atoms with Crippen LogP contribution in [0.25, 0.3) is 16.9 Å². The van der Waals surface area contributed by atoms with Gasteiger partial charge in [-0.1, -0.05) is 35.9 Å². The molecule has 1 amide bonds. The monoisotopic (exact) mass is 251 g/mol. The molecule has 1 aromatic carbocycles. The first-order valence-electron chi connectivity index (χ1n) is 6.01. The Morgan fingerprint density at radius 2 is 1.89 bits per heavy atom. The van der Waals surface area contributed by atoms with Crippen molar-refractivity contribution in [3.8, 4) is 11.4 Å². The van der Waals surface area contributed by atoms with Crippen LogP contribution in [0.1, 0.15) is 16.1 Å². The number of rotatable bonds is 2. The largest absolute Gasteiger partial charge is 0.364 e. The quantitative estimate of drug-likeness (QED) is 0.760. The van der Waals surface area contributed by atoms with E-state index in [-0.39, 0.29) is 0 Å². The predicted octanol–water partition coefficient (Wildman–Crippen LogP) is 2.41. The number of aryl methyl sites for hydroxylation is 1. The fourth-order valence-corrected chi connectivity index (χ4v) is 2.13. The summed E-state index contributed by atoms with van der Waals surface area (Å²) in [6.45, 7) is 2.03. The van der Waals surface area contributed by atoms with Crippen LogP contribution in [0, 0.1) is 6.92 Å². The standard InChI is InChI=1S/C15H13N3O/c1-10-5-7-11(8-6-10)15-17-13(14(16)19)12-4-2-3-9-18(12)15/h2-9H,1H3,(H2,16,19). The Labute approximate surface area is 110 Å². The van der Waals surface area contributed by atoms with E-state index in [1.807, 2.05) is 60.0 Å². The van der Waals surface area contributed by atoms with Crippen molar-refractivity contribution in [3.63, 3.8) is 0 Å². The Morgan fingerprint density at radius 1 is 1.16 bits per heavy atom. The van der Waals surface area contributed by atoms with Crippen LogP contribution in [0.2, 0.25) is 0 Å². The molecule has 0 unspecified atom stereocenters. The molecule has 0 aliphatic heterocycles. The molecule has 4 heteroatoms. The van der Waals surface area contributed by atoms with E-state index < -0.39 is 5.91 Å². The van der Waals surface area contributed by atoms with E-state index in [2.05, 4.69) is 4.98 Å². The van der Waals surface area contributed by atoms with Crippen molar-refractivity contribution in [1.82, 2.24) is 9.38 Å². The van der Waals surface area contributed by atoms with Crippen molar-refractivity contribution in [2.75, 3.05) is 0 Å². The molecule has 0 saturated heterocycles. The van der Waals surface area contributed by atoms with Crippen LogP contribution < -0.4 is 5.73 Å². The molecule has 0 spiro atoms. The first-order chi connectivity index (χ1) is 9.16. The number of benzene rings is 1. The number of carbonyl (C=O) groups is 1. The number of nitrogens with two attached hydrogens (primary N) is 1. The zero-order valence-electron chi connectivity index (χ0n) is 10.5. The highest BCUT2D eigenvalue weighted by atomic mass is 16.1. The lowest BCUT2D eigenvalue weighted by Gasteiger charge is -2.01. The zero-order chi connectivity index (χ0) is 13.4. The SMILES string of the molecule is Cc1ccc(-c2nc(C(N)=O)c3ccccn23)cc1. The molecule has 2 heterocycles. The molecule has 0 radical (unpaired) electrons. The number of nitrogens with zero attached hydrogens (tertiary/aromatic N) is 2. The van der Waals surface area contributed by atoms with Gasteiger partial charge in [0.2, 0.25) is 0 Å². The van der Waals surface area contributed by atoms with E-state index >= 15 is 0 Å². The minimum atomic E-state index is -0.512. The summed E-state index contributed by atoms with van der Waals surface area (Å²) in [6.07, 6.45) is 1.88. The highest BCUT2D eigenvalue weighted by Gasteiger charge is 2.15. The smallest absolute Gasteiger partial charge is 0.269 e. The molecule has 0 atom stereocenters. The van der Waals surface area contributed by atoms with Crippen LogP contribution in [0.4, 0.5) is 0 Å². The van der Waals surface area contributed by atoms with Gasteiger partial charge in [-0.2, -0.15) is 0 Å². The van der Waals surface area contributed by atoms with Crippen molar-refractivity contribution in [2.24, 2.45) is 5.73 Å². The molecule has 0 fully saturated rings. The Kier molecular flexibility index (Phi) is 2.56. The molecule has 3 aromatic rings. The van der Waals surface area contributed by atoms with Crippen molar-refractivity contribution in [3.05, 3.63) is 59.9 Å². The second kappa shape index (κ2) is 4.24. The molecule has 19 heavy (non-hydrogen) atoms. The van der Waals surface area contributed by atoms with Crippen LogP contribution in [0.5, 0.6) is 0 Å². The summed E-state index contributed by atoms with van der Waals surface area (Å²) < 4.78 is 1.88. The van der Waals surface area contributed by atoms with Gasteiger partial charge in [0.05, 0.1) is 5.52 Å². The van der Waals surface area contributed by atoms with Crippen LogP contribution >= 0.6 is 0 Å². The molecule has 2 aromatic heterocycles. The van der Waals surface area contributed by atoms with E-state index in [9.17, 15) is 4.79 Å². The van der Waals surface area contributed by atoms with E-state index in [0.717, 1.165) is 16.9 Å². The number of primary amides is 1. The van der Waals surface area contributed by atoms with Gasteiger partial charge in [0, 0.05) is 11.8 Å². The molecule has 0 saturated carbocycles. The molecule has 0 aliphatic carbocycles. The minimum absolute atomic E-state index is 0.302. The highest BCUT2D eigenvalue weighted by Crippen LogP contribution is 2.22. The predicted molar refractivity (Wildman–Crippen MR) is 73.9 cm³/mol. The maximum Gasteiger partial charge on any atom is 0.269 e. The number of aromatic nitrogens is 2. The summed E-state index contributed by atoms with van der Waals surface area (Å²) in [5, 5.41) is 0. The average Bonchev–Trinajstić information content (AvgIpc) is 2.79. The molecule has 3 rings (SSSR count). The van der Waals surface area contributed by atoms with Gasteiger partial charge in [0.1, 0.15) is 5.82 Å². The Hall–Kier alpha value is -2.62. The van der Waals surface area contributed by atoms with E-state index in [1.165, 1.54) is 5.56 Å². The topological polar surface area (TPSA) is 60.4 Å². The first-order valence-corrected chi connectivity index (χ1v) is 6.01. The van der Waals surface area contributed by atoms with Crippen molar-refractivity contribution >= 4 is 11.4 Å². The first kappa shape index (κ1) is 11.5. The maximum atomic E-state index is 11.5. The second-order valence-corrected chi connectivity index (χ2v) is 4.47. The Morgan fingerprint density at radius 3 is 2.58 bits per heavy atom. The minimum Gasteiger partial charge on any atom is -0.364 e. The van der Waals surface area contributed by atoms with Crippen LogP contribution in [-0.4, -0.2) is 15.3 Å². The average molecular weight is 251 g/mol. The summed E-state index contributed by atoms with van der Waals surface area (Å²) in [4.78, 5) is 15.8. The lowest BCUT2D eigenvalue weighted by atomic mass is 10.1. The number of pyridine rings is 1. The van der Waals surface area contributed by atoms with Crippen molar-refractivity contribution < 1.29 is 4.79 Å². The van der Waals surface area contributed by atoms with E-state index in [4.69, 9.17) is 5.73 Å². The highest BCUT2D eigenvalue weighted by molar-refractivity contribution is 5.98. The third kappa shape index (κ3) is 1.87. The number of fused-ring (bicyclic) bond motifs is 1. The van der Waals surface area contributed by atoms with Gasteiger partial charge in [0.25, 0.3) is 5.91 Å². The molecule has 4 nitrogen and oxygen atoms in total.